The van der Waals surface area contributed by atoms with Crippen LogP contribution in [0, 0.1) is 0 Å². The van der Waals surface area contributed by atoms with Gasteiger partial charge in [0.15, 0.2) is 6.61 Å². The largest absolute Gasteiger partial charge is 0.336 e. The van der Waals surface area contributed by atoms with E-state index >= 15 is 0 Å². The lowest BCUT2D eigenvalue weighted by atomic mass is 9.84. The second kappa shape index (κ2) is 6.94. The Labute approximate surface area is 143 Å². The molecule has 0 unspecified atom stereocenters. The molecule has 1 N–H and O–H groups in total. The molecule has 0 saturated carbocycles. The van der Waals surface area contributed by atoms with Crippen molar-refractivity contribution in [2.24, 2.45) is 0 Å². The fraction of sp³-hybridized carbons (Fsp3) is 0.235. The molecule has 7 heteroatoms. The van der Waals surface area contributed by atoms with E-state index in [0.717, 1.165) is 11.1 Å². The van der Waals surface area contributed by atoms with Crippen molar-refractivity contribution in [1.29, 1.82) is 0 Å². The van der Waals surface area contributed by atoms with Crippen LogP contribution in [0.2, 0.25) is 0 Å². The monoisotopic (exact) mass is 343 g/mol. The third kappa shape index (κ3) is 3.52. The lowest BCUT2D eigenvalue weighted by molar-refractivity contribution is -0.140. The van der Waals surface area contributed by atoms with Crippen LogP contribution in [0.1, 0.15) is 25.3 Å². The van der Waals surface area contributed by atoms with E-state index in [0.29, 0.717) is 11.7 Å². The number of amides is 1. The predicted molar refractivity (Wildman–Crippen MR) is 90.0 cm³/mol. The highest BCUT2D eigenvalue weighted by atomic mass is 32.1. The third-order valence-electron chi connectivity index (χ3n) is 3.67. The summed E-state index contributed by atoms with van der Waals surface area (Å²) in [6, 6.07) is 11.4. The summed E-state index contributed by atoms with van der Waals surface area (Å²) in [5.41, 5.74) is 3.54. The number of carbonyl (C=O) groups is 1. The van der Waals surface area contributed by atoms with Gasteiger partial charge in [-0.15, -0.1) is 0 Å². The van der Waals surface area contributed by atoms with Gasteiger partial charge in [0.05, 0.1) is 5.41 Å². The highest BCUT2D eigenvalue weighted by Gasteiger charge is 2.29. The number of thiophene rings is 1. The van der Waals surface area contributed by atoms with E-state index in [1.807, 2.05) is 61.0 Å². The fourth-order valence-electron chi connectivity index (χ4n) is 2.10. The van der Waals surface area contributed by atoms with Crippen LogP contribution in [0.25, 0.3) is 11.4 Å². The summed E-state index contributed by atoms with van der Waals surface area (Å²) in [6.07, 6.45) is 0. The van der Waals surface area contributed by atoms with Crippen LogP contribution in [0.3, 0.4) is 0 Å². The second-order valence-corrected chi connectivity index (χ2v) is 6.51. The van der Waals surface area contributed by atoms with Crippen molar-refractivity contribution in [1.82, 2.24) is 15.6 Å². The van der Waals surface area contributed by atoms with E-state index in [1.165, 1.54) is 0 Å². The Kier molecular flexibility index (Phi) is 4.73. The number of carbonyl (C=O) groups excluding carboxylic acids is 1. The van der Waals surface area contributed by atoms with Crippen LogP contribution < -0.4 is 5.48 Å². The number of hydrogen-bond donors (Lipinski definition) is 1. The predicted octanol–water partition coefficient (Wildman–Crippen LogP) is 3.32. The molecule has 1 amide bonds. The molecule has 0 radical (unpaired) electrons. The molecule has 0 saturated heterocycles. The molecular weight excluding hydrogens is 326 g/mol. The normalized spacial score (nSPS) is 11.4. The maximum Gasteiger partial charge on any atom is 0.255 e. The third-order valence-corrected chi connectivity index (χ3v) is 4.35. The van der Waals surface area contributed by atoms with Crippen molar-refractivity contribution in [2.75, 3.05) is 0 Å². The summed E-state index contributed by atoms with van der Waals surface area (Å²) in [5.74, 6) is 0.561. The highest BCUT2D eigenvalue weighted by Crippen LogP contribution is 2.23. The number of rotatable bonds is 6. The lowest BCUT2D eigenvalue weighted by Gasteiger charge is -2.23. The Morgan fingerprint density at radius 3 is 2.79 bits per heavy atom. The van der Waals surface area contributed by atoms with E-state index < -0.39 is 5.41 Å². The molecule has 2 aromatic heterocycles. The molecule has 0 aliphatic heterocycles. The number of nitrogens with zero attached hydrogens (tertiary/aromatic N) is 2. The van der Waals surface area contributed by atoms with Crippen LogP contribution >= 0.6 is 11.3 Å². The summed E-state index contributed by atoms with van der Waals surface area (Å²) >= 11 is 1.56. The summed E-state index contributed by atoms with van der Waals surface area (Å²) in [5, 5.41) is 7.75. The zero-order valence-corrected chi connectivity index (χ0v) is 14.2. The van der Waals surface area contributed by atoms with E-state index in [2.05, 4.69) is 15.6 Å². The Morgan fingerprint density at radius 2 is 2.08 bits per heavy atom. The molecule has 6 nitrogen and oxygen atoms in total. The van der Waals surface area contributed by atoms with Gasteiger partial charge in [0.2, 0.25) is 5.82 Å². The highest BCUT2D eigenvalue weighted by molar-refractivity contribution is 7.08. The Morgan fingerprint density at radius 1 is 1.29 bits per heavy atom. The number of aromatic nitrogens is 2. The molecule has 124 valence electrons. The molecule has 0 fully saturated rings. The van der Waals surface area contributed by atoms with Crippen molar-refractivity contribution in [3.63, 3.8) is 0 Å². The average Bonchev–Trinajstić information content (AvgIpc) is 3.27. The summed E-state index contributed by atoms with van der Waals surface area (Å²) < 4.78 is 5.11. The number of benzene rings is 1. The minimum absolute atomic E-state index is 0.00769. The first-order valence-corrected chi connectivity index (χ1v) is 8.34. The van der Waals surface area contributed by atoms with Gasteiger partial charge in [-0.1, -0.05) is 35.5 Å². The van der Waals surface area contributed by atoms with Gasteiger partial charge < -0.3 is 4.52 Å². The van der Waals surface area contributed by atoms with Gasteiger partial charge in [-0.25, -0.2) is 5.48 Å². The maximum absolute atomic E-state index is 12.3. The van der Waals surface area contributed by atoms with E-state index in [4.69, 9.17) is 9.36 Å². The number of nitrogens with one attached hydrogen (secondary N) is 1. The van der Waals surface area contributed by atoms with E-state index in [-0.39, 0.29) is 12.5 Å². The Bertz CT molecular complexity index is 798. The zero-order valence-electron chi connectivity index (χ0n) is 13.4. The average molecular weight is 343 g/mol. The van der Waals surface area contributed by atoms with E-state index in [9.17, 15) is 4.79 Å². The first-order valence-electron chi connectivity index (χ1n) is 7.40. The van der Waals surface area contributed by atoms with Crippen LogP contribution in [-0.2, 0) is 21.7 Å². The minimum atomic E-state index is -0.710. The summed E-state index contributed by atoms with van der Waals surface area (Å²) in [6.45, 7) is 3.68. The first-order chi connectivity index (χ1) is 11.6. The smallest absolute Gasteiger partial charge is 0.255 e. The molecular formula is C17H17N3O3S. The van der Waals surface area contributed by atoms with Gasteiger partial charge >= 0.3 is 0 Å². The van der Waals surface area contributed by atoms with Crippen molar-refractivity contribution < 1.29 is 14.2 Å². The fourth-order valence-corrected chi connectivity index (χ4v) is 2.73. The van der Waals surface area contributed by atoms with Crippen molar-refractivity contribution >= 4 is 17.2 Å². The van der Waals surface area contributed by atoms with Gasteiger partial charge in [0.1, 0.15) is 0 Å². The molecule has 24 heavy (non-hydrogen) atoms. The Hall–Kier alpha value is -2.51. The standard InChI is InChI=1S/C17H17N3O3S/c1-17(2,13-6-4-3-5-7-13)16(21)20-22-10-14-18-15(19-23-14)12-8-9-24-11-12/h3-9,11H,10H2,1-2H3,(H,20,21). The second-order valence-electron chi connectivity index (χ2n) is 5.73. The van der Waals surface area contributed by atoms with Crippen LogP contribution in [0.4, 0.5) is 0 Å². The molecule has 1 aromatic carbocycles. The molecule has 3 rings (SSSR count). The summed E-state index contributed by atoms with van der Waals surface area (Å²) in [7, 11) is 0. The topological polar surface area (TPSA) is 77.2 Å². The van der Waals surface area contributed by atoms with Crippen molar-refractivity contribution in [3.8, 4) is 11.4 Å². The van der Waals surface area contributed by atoms with Gasteiger partial charge in [0.25, 0.3) is 11.8 Å². The molecule has 0 aliphatic carbocycles. The SMILES string of the molecule is CC(C)(C(=O)NOCc1nc(-c2ccsc2)no1)c1ccccc1. The maximum atomic E-state index is 12.3. The minimum Gasteiger partial charge on any atom is -0.336 e. The molecule has 0 aliphatic rings. The van der Waals surface area contributed by atoms with Crippen molar-refractivity contribution in [2.45, 2.75) is 25.9 Å². The zero-order chi connectivity index (χ0) is 17.0. The van der Waals surface area contributed by atoms with Crippen LogP contribution in [0.15, 0.2) is 51.7 Å². The number of hydroxylamine groups is 1. The first kappa shape index (κ1) is 16.4. The summed E-state index contributed by atoms with van der Waals surface area (Å²) in [4.78, 5) is 21.8. The molecule has 0 bridgehead atoms. The molecule has 0 spiro atoms. The molecule has 2 heterocycles. The lowest BCUT2D eigenvalue weighted by Crippen LogP contribution is -2.39. The van der Waals surface area contributed by atoms with Gasteiger partial charge in [-0.05, 0) is 30.9 Å². The molecule has 0 atom stereocenters. The quantitative estimate of drug-likeness (QED) is 0.695. The number of hydrogen-bond acceptors (Lipinski definition) is 6. The Balaban J connectivity index is 1.56. The van der Waals surface area contributed by atoms with E-state index in [1.54, 1.807) is 11.3 Å². The van der Waals surface area contributed by atoms with Crippen LogP contribution in [-0.4, -0.2) is 16.0 Å². The van der Waals surface area contributed by atoms with Gasteiger partial charge in [-0.2, -0.15) is 16.3 Å². The van der Waals surface area contributed by atoms with Crippen molar-refractivity contribution in [3.05, 3.63) is 58.6 Å². The van der Waals surface area contributed by atoms with Crippen LogP contribution in [0.5, 0.6) is 0 Å². The van der Waals surface area contributed by atoms with Gasteiger partial charge in [0, 0.05) is 10.9 Å². The van der Waals surface area contributed by atoms with Gasteiger partial charge in [-0.3, -0.25) is 9.63 Å². The molecule has 3 aromatic rings.